The third-order valence-electron chi connectivity index (χ3n) is 6.06. The molecule has 0 spiro atoms. The average Bonchev–Trinajstić information content (AvgIpc) is 2.87. The van der Waals surface area contributed by atoms with Crippen LogP contribution in [0.3, 0.4) is 0 Å². The fourth-order valence-corrected chi connectivity index (χ4v) is 4.77. The zero-order valence-corrected chi connectivity index (χ0v) is 19.3. The molecule has 3 nitrogen and oxygen atoms in total. The van der Waals surface area contributed by atoms with Gasteiger partial charge in [0.15, 0.2) is 0 Å². The molecule has 1 saturated carbocycles. The minimum atomic E-state index is -4.61. The number of halogens is 4. The molecular weight excluding hydrogens is 439 g/mol. The fourth-order valence-electron chi connectivity index (χ4n) is 4.55. The van der Waals surface area contributed by atoms with Crippen LogP contribution in [0.5, 0.6) is 5.75 Å². The highest BCUT2D eigenvalue weighted by molar-refractivity contribution is 6.31. The summed E-state index contributed by atoms with van der Waals surface area (Å²) in [5.41, 5.74) is -0.747. The predicted molar refractivity (Wildman–Crippen MR) is 122 cm³/mol. The summed E-state index contributed by atoms with van der Waals surface area (Å²) in [7, 11) is 5.38. The normalized spacial score (nSPS) is 23.4. The van der Waals surface area contributed by atoms with Crippen molar-refractivity contribution >= 4 is 17.7 Å². The van der Waals surface area contributed by atoms with E-state index in [2.05, 4.69) is 0 Å². The molecule has 0 bridgehead atoms. The maximum absolute atomic E-state index is 13.6. The maximum atomic E-state index is 13.6. The second-order valence-electron chi connectivity index (χ2n) is 8.61. The third kappa shape index (κ3) is 5.30. The van der Waals surface area contributed by atoms with Crippen molar-refractivity contribution in [2.24, 2.45) is 5.92 Å². The minimum Gasteiger partial charge on any atom is -0.497 e. The number of hydrogen-bond acceptors (Lipinski definition) is 3. The summed E-state index contributed by atoms with van der Waals surface area (Å²) in [6.45, 7) is 0.538. The minimum absolute atomic E-state index is 0.220. The Bertz CT molecular complexity index is 974. The van der Waals surface area contributed by atoms with E-state index in [4.69, 9.17) is 16.3 Å². The van der Waals surface area contributed by atoms with Crippen molar-refractivity contribution in [3.8, 4) is 5.75 Å². The number of benzene rings is 2. The molecule has 2 aromatic carbocycles. The number of rotatable bonds is 5. The van der Waals surface area contributed by atoms with Gasteiger partial charge in [0.05, 0.1) is 17.7 Å². The zero-order valence-electron chi connectivity index (χ0n) is 18.5. The van der Waals surface area contributed by atoms with Crippen molar-refractivity contribution in [2.75, 3.05) is 27.7 Å². The van der Waals surface area contributed by atoms with Crippen LogP contribution in [-0.2, 0) is 11.8 Å². The van der Waals surface area contributed by atoms with Gasteiger partial charge in [0.25, 0.3) is 0 Å². The number of alkyl halides is 3. The van der Waals surface area contributed by atoms with Gasteiger partial charge in [-0.3, -0.25) is 0 Å². The van der Waals surface area contributed by atoms with Crippen molar-refractivity contribution < 1.29 is 23.0 Å². The topological polar surface area (TPSA) is 32.7 Å². The Morgan fingerprint density at radius 1 is 1.19 bits per heavy atom. The Hall–Kier alpha value is -2.02. The first-order valence-corrected chi connectivity index (χ1v) is 11.0. The molecule has 1 N–H and O–H groups in total. The van der Waals surface area contributed by atoms with Gasteiger partial charge in [0.2, 0.25) is 0 Å². The van der Waals surface area contributed by atoms with Crippen molar-refractivity contribution in [1.29, 1.82) is 0 Å². The smallest absolute Gasteiger partial charge is 0.417 e. The summed E-state index contributed by atoms with van der Waals surface area (Å²) in [4.78, 5) is 1.96. The van der Waals surface area contributed by atoms with Crippen molar-refractivity contribution in [3.05, 3.63) is 69.8 Å². The molecule has 0 aliphatic heterocycles. The molecule has 0 amide bonds. The van der Waals surface area contributed by atoms with E-state index < -0.39 is 17.3 Å². The van der Waals surface area contributed by atoms with Crippen LogP contribution < -0.4 is 4.74 Å². The molecule has 3 rings (SSSR count). The molecular formula is C25H29ClF3NO2. The van der Waals surface area contributed by atoms with E-state index in [9.17, 15) is 18.3 Å². The molecule has 1 aliphatic rings. The molecule has 1 aliphatic carbocycles. The van der Waals surface area contributed by atoms with Crippen LogP contribution in [0, 0.1) is 5.92 Å². The number of nitrogens with zero attached hydrogens (tertiary/aromatic N) is 1. The first-order chi connectivity index (χ1) is 15.1. The van der Waals surface area contributed by atoms with Crippen LogP contribution in [0.1, 0.15) is 42.4 Å². The van der Waals surface area contributed by atoms with E-state index >= 15 is 0 Å². The van der Waals surface area contributed by atoms with E-state index in [0.717, 1.165) is 24.5 Å². The van der Waals surface area contributed by atoms with Gasteiger partial charge in [-0.05, 0) is 74.3 Å². The first-order valence-electron chi connectivity index (χ1n) is 10.6. The van der Waals surface area contributed by atoms with Crippen LogP contribution >= 0.6 is 11.6 Å². The molecule has 0 heterocycles. The Balaban J connectivity index is 2.22. The van der Waals surface area contributed by atoms with Crippen molar-refractivity contribution in [1.82, 2.24) is 4.90 Å². The Morgan fingerprint density at radius 3 is 2.59 bits per heavy atom. The highest BCUT2D eigenvalue weighted by Crippen LogP contribution is 2.47. The van der Waals surface area contributed by atoms with Crippen LogP contribution in [0.4, 0.5) is 13.2 Å². The number of aliphatic hydroxyl groups is 1. The molecule has 0 saturated heterocycles. The molecule has 0 aromatic heterocycles. The van der Waals surface area contributed by atoms with Crippen LogP contribution in [0.25, 0.3) is 6.08 Å². The van der Waals surface area contributed by atoms with Crippen LogP contribution in [0.15, 0.2) is 48.0 Å². The number of ether oxygens (including phenoxy) is 1. The largest absolute Gasteiger partial charge is 0.497 e. The lowest BCUT2D eigenvalue weighted by atomic mass is 9.73. The highest BCUT2D eigenvalue weighted by Gasteiger charge is 2.44. The molecule has 174 valence electrons. The molecule has 0 radical (unpaired) electrons. The quantitative estimate of drug-likeness (QED) is 0.517. The van der Waals surface area contributed by atoms with Gasteiger partial charge in [0.1, 0.15) is 11.4 Å². The summed E-state index contributed by atoms with van der Waals surface area (Å²) < 4.78 is 46.2. The van der Waals surface area contributed by atoms with Gasteiger partial charge in [-0.25, -0.2) is 0 Å². The van der Waals surface area contributed by atoms with Crippen LogP contribution in [-0.4, -0.2) is 37.8 Å². The standard InChI is InChI=1S/C25H29ClF3NO2/c1-30(2)16-20-9-5-4-8-18(13-17-7-6-10-21(14-17)32-3)24(20,31)19-11-12-23(26)22(15-19)25(27,28)29/h6-7,10-15,20,31H,4-5,8-9,16H2,1-3H3. The number of methoxy groups -OCH3 is 1. The lowest BCUT2D eigenvalue weighted by Crippen LogP contribution is -2.41. The lowest BCUT2D eigenvalue weighted by molar-refractivity contribution is -0.137. The summed E-state index contributed by atoms with van der Waals surface area (Å²) in [5.74, 6) is 0.395. The van der Waals surface area contributed by atoms with Gasteiger partial charge in [-0.1, -0.05) is 42.3 Å². The van der Waals surface area contributed by atoms with E-state index in [1.54, 1.807) is 7.11 Å². The molecule has 32 heavy (non-hydrogen) atoms. The third-order valence-corrected chi connectivity index (χ3v) is 6.39. The van der Waals surface area contributed by atoms with Crippen molar-refractivity contribution in [3.63, 3.8) is 0 Å². The second-order valence-corrected chi connectivity index (χ2v) is 9.02. The van der Waals surface area contributed by atoms with Gasteiger partial charge in [-0.15, -0.1) is 0 Å². The van der Waals surface area contributed by atoms with E-state index in [1.807, 2.05) is 49.3 Å². The lowest BCUT2D eigenvalue weighted by Gasteiger charge is -2.39. The maximum Gasteiger partial charge on any atom is 0.417 e. The highest BCUT2D eigenvalue weighted by atomic mass is 35.5. The summed E-state index contributed by atoms with van der Waals surface area (Å²) in [6, 6.07) is 11.2. The molecule has 2 atom stereocenters. The zero-order chi connectivity index (χ0) is 23.5. The summed E-state index contributed by atoms with van der Waals surface area (Å²) in [6.07, 6.45) is 0.299. The fraction of sp³-hybridized carbons (Fsp3) is 0.440. The molecule has 7 heteroatoms. The first kappa shape index (κ1) is 24.6. The van der Waals surface area contributed by atoms with Gasteiger partial charge in [0, 0.05) is 12.5 Å². The molecule has 2 aromatic rings. The summed E-state index contributed by atoms with van der Waals surface area (Å²) >= 11 is 5.88. The van der Waals surface area contributed by atoms with Crippen LogP contribution in [0.2, 0.25) is 5.02 Å². The van der Waals surface area contributed by atoms with E-state index in [-0.39, 0.29) is 16.5 Å². The second kappa shape index (κ2) is 9.86. The van der Waals surface area contributed by atoms with Gasteiger partial charge in [-0.2, -0.15) is 13.2 Å². The monoisotopic (exact) mass is 467 g/mol. The predicted octanol–water partition coefficient (Wildman–Crippen LogP) is 6.39. The Morgan fingerprint density at radius 2 is 1.94 bits per heavy atom. The van der Waals surface area contributed by atoms with Crippen molar-refractivity contribution in [2.45, 2.75) is 37.5 Å². The number of hydrogen-bond donors (Lipinski definition) is 1. The molecule has 2 unspecified atom stereocenters. The Kier molecular flexibility index (Phi) is 7.58. The van der Waals surface area contributed by atoms with E-state index in [1.165, 1.54) is 12.1 Å². The summed E-state index contributed by atoms with van der Waals surface area (Å²) in [5, 5.41) is 11.8. The van der Waals surface area contributed by atoms with Gasteiger partial charge < -0.3 is 14.7 Å². The molecule has 1 fully saturated rings. The SMILES string of the molecule is COc1cccc(C=C2CCCCC(CN(C)C)C2(O)c2ccc(Cl)c(C(F)(F)F)c2)c1. The Labute approximate surface area is 192 Å². The van der Waals surface area contributed by atoms with Gasteiger partial charge >= 0.3 is 6.18 Å². The van der Waals surface area contributed by atoms with E-state index in [0.29, 0.717) is 30.7 Å². The average molecular weight is 468 g/mol.